The minimum Gasteiger partial charge on any atom is -0.493 e. The van der Waals surface area contributed by atoms with Gasteiger partial charge < -0.3 is 20.1 Å². The van der Waals surface area contributed by atoms with Gasteiger partial charge in [0.15, 0.2) is 11.5 Å². The molecule has 2 N–H and O–H groups in total. The molecule has 5 nitrogen and oxygen atoms in total. The van der Waals surface area contributed by atoms with E-state index >= 15 is 0 Å². The van der Waals surface area contributed by atoms with Gasteiger partial charge in [0.1, 0.15) is 11.6 Å². The molecule has 23 heavy (non-hydrogen) atoms. The lowest BCUT2D eigenvalue weighted by Crippen LogP contribution is -2.28. The molecule has 0 aromatic heterocycles. The molecule has 2 aromatic carbocycles. The summed E-state index contributed by atoms with van der Waals surface area (Å²) in [5.41, 5.74) is 0.675. The number of methoxy groups -OCH3 is 2. The first-order chi connectivity index (χ1) is 11.0. The van der Waals surface area contributed by atoms with E-state index in [0.717, 1.165) is 17.7 Å². The van der Waals surface area contributed by atoms with E-state index in [0.29, 0.717) is 17.6 Å². The number of nitrogens with one attached hydrogen (secondary N) is 2. The molecule has 122 valence electrons. The number of amides is 2. The van der Waals surface area contributed by atoms with Crippen LogP contribution in [0.15, 0.2) is 36.4 Å². The fraction of sp³-hybridized carbons (Fsp3) is 0.188. The molecule has 0 atom stereocenters. The van der Waals surface area contributed by atoms with E-state index in [1.807, 2.05) is 0 Å². The number of hydrogen-bond acceptors (Lipinski definition) is 3. The molecule has 7 heteroatoms. The van der Waals surface area contributed by atoms with Crippen molar-refractivity contribution in [1.29, 1.82) is 0 Å². The minimum absolute atomic E-state index is 0.101. The van der Waals surface area contributed by atoms with Gasteiger partial charge in [-0.2, -0.15) is 0 Å². The fourth-order valence-electron chi connectivity index (χ4n) is 1.93. The molecule has 2 amide bonds. The molecule has 0 fully saturated rings. The zero-order valence-corrected chi connectivity index (χ0v) is 12.7. The highest BCUT2D eigenvalue weighted by Crippen LogP contribution is 2.27. The molecule has 0 radical (unpaired) electrons. The van der Waals surface area contributed by atoms with Gasteiger partial charge in [-0.05, 0) is 29.8 Å². The molecule has 0 saturated heterocycles. The van der Waals surface area contributed by atoms with Crippen molar-refractivity contribution in [2.45, 2.75) is 6.54 Å². The van der Waals surface area contributed by atoms with Gasteiger partial charge in [-0.1, -0.05) is 6.07 Å². The Morgan fingerprint density at radius 3 is 2.43 bits per heavy atom. The van der Waals surface area contributed by atoms with Gasteiger partial charge in [-0.25, -0.2) is 13.6 Å². The minimum atomic E-state index is -0.841. The largest absolute Gasteiger partial charge is 0.493 e. The number of urea groups is 1. The second-order valence-electron chi connectivity index (χ2n) is 4.62. The van der Waals surface area contributed by atoms with Gasteiger partial charge >= 0.3 is 6.03 Å². The summed E-state index contributed by atoms with van der Waals surface area (Å²) in [6, 6.07) is 7.51. The molecular weight excluding hydrogens is 306 g/mol. The summed E-state index contributed by atoms with van der Waals surface area (Å²) in [6.45, 7) is 0.203. The van der Waals surface area contributed by atoms with Gasteiger partial charge in [-0.15, -0.1) is 0 Å². The second kappa shape index (κ2) is 7.44. The number of ether oxygens (including phenoxy) is 2. The van der Waals surface area contributed by atoms with E-state index in [-0.39, 0.29) is 12.2 Å². The molecule has 0 bridgehead atoms. The van der Waals surface area contributed by atoms with Crippen molar-refractivity contribution < 1.29 is 23.0 Å². The van der Waals surface area contributed by atoms with E-state index < -0.39 is 17.7 Å². The number of rotatable bonds is 5. The Morgan fingerprint density at radius 1 is 1.04 bits per heavy atom. The quantitative estimate of drug-likeness (QED) is 0.888. The number of halogens is 2. The molecule has 0 aliphatic heterocycles. The van der Waals surface area contributed by atoms with Gasteiger partial charge in [-0.3, -0.25) is 0 Å². The lowest BCUT2D eigenvalue weighted by atomic mass is 10.2. The fourth-order valence-corrected chi connectivity index (χ4v) is 1.93. The molecule has 0 aliphatic carbocycles. The van der Waals surface area contributed by atoms with Crippen LogP contribution in [0.1, 0.15) is 5.56 Å². The number of hydrogen-bond donors (Lipinski definition) is 2. The first-order valence-corrected chi connectivity index (χ1v) is 6.74. The van der Waals surface area contributed by atoms with E-state index in [9.17, 15) is 13.6 Å². The van der Waals surface area contributed by atoms with Crippen molar-refractivity contribution in [1.82, 2.24) is 5.32 Å². The summed E-state index contributed by atoms with van der Waals surface area (Å²) in [6.07, 6.45) is 0. The number of benzene rings is 2. The van der Waals surface area contributed by atoms with Crippen LogP contribution < -0.4 is 20.1 Å². The SMILES string of the molecule is COc1ccc(CNC(=O)Nc2ccc(F)cc2F)cc1OC. The summed E-state index contributed by atoms with van der Waals surface area (Å²) in [5.74, 6) is -0.434. The first kappa shape index (κ1) is 16.5. The van der Waals surface area contributed by atoms with Crippen molar-refractivity contribution in [2.75, 3.05) is 19.5 Å². The van der Waals surface area contributed by atoms with Crippen molar-refractivity contribution >= 4 is 11.7 Å². The topological polar surface area (TPSA) is 59.6 Å². The Bertz CT molecular complexity index is 708. The zero-order valence-electron chi connectivity index (χ0n) is 12.7. The summed E-state index contributed by atoms with van der Waals surface area (Å²) in [5, 5.41) is 4.88. The maximum absolute atomic E-state index is 13.4. The van der Waals surface area contributed by atoms with Crippen LogP contribution in [0.2, 0.25) is 0 Å². The van der Waals surface area contributed by atoms with Gasteiger partial charge in [0.25, 0.3) is 0 Å². The molecule has 0 heterocycles. The Labute approximate surface area is 132 Å². The molecule has 2 aromatic rings. The van der Waals surface area contributed by atoms with Crippen molar-refractivity contribution in [3.05, 3.63) is 53.6 Å². The highest BCUT2D eigenvalue weighted by molar-refractivity contribution is 5.89. The highest BCUT2D eigenvalue weighted by Gasteiger charge is 2.09. The maximum atomic E-state index is 13.4. The van der Waals surface area contributed by atoms with E-state index in [1.54, 1.807) is 18.2 Å². The van der Waals surface area contributed by atoms with Crippen molar-refractivity contribution in [3.8, 4) is 11.5 Å². The Hall–Kier alpha value is -2.83. The monoisotopic (exact) mass is 322 g/mol. The average Bonchev–Trinajstić information content (AvgIpc) is 2.55. The summed E-state index contributed by atoms with van der Waals surface area (Å²) >= 11 is 0. The molecule has 0 aliphatic rings. The van der Waals surface area contributed by atoms with Crippen LogP contribution in [0.5, 0.6) is 11.5 Å². The van der Waals surface area contributed by atoms with Gasteiger partial charge in [0.05, 0.1) is 19.9 Å². The van der Waals surface area contributed by atoms with Crippen molar-refractivity contribution in [3.63, 3.8) is 0 Å². The maximum Gasteiger partial charge on any atom is 0.319 e. The van der Waals surface area contributed by atoms with Gasteiger partial charge in [0, 0.05) is 12.6 Å². The van der Waals surface area contributed by atoms with Crippen LogP contribution in [-0.2, 0) is 6.54 Å². The predicted molar refractivity (Wildman–Crippen MR) is 81.8 cm³/mol. The Morgan fingerprint density at radius 2 is 1.78 bits per heavy atom. The zero-order chi connectivity index (χ0) is 16.8. The standard InChI is InChI=1S/C16H16F2N2O3/c1-22-14-6-3-10(7-15(14)23-2)9-19-16(21)20-13-5-4-11(17)8-12(13)18/h3-8H,9H2,1-2H3,(H2,19,20,21). The van der Waals surface area contributed by atoms with Crippen LogP contribution in [0.25, 0.3) is 0 Å². The van der Waals surface area contributed by atoms with Crippen molar-refractivity contribution in [2.24, 2.45) is 0 Å². The third-order valence-electron chi connectivity index (χ3n) is 3.08. The van der Waals surface area contributed by atoms with E-state index in [1.165, 1.54) is 14.2 Å². The smallest absolute Gasteiger partial charge is 0.319 e. The lowest BCUT2D eigenvalue weighted by molar-refractivity contribution is 0.251. The summed E-state index contributed by atoms with van der Waals surface area (Å²) < 4.78 is 36.5. The first-order valence-electron chi connectivity index (χ1n) is 6.74. The lowest BCUT2D eigenvalue weighted by Gasteiger charge is -2.11. The predicted octanol–water partition coefficient (Wildman–Crippen LogP) is 3.30. The molecule has 2 rings (SSSR count). The average molecular weight is 322 g/mol. The normalized spacial score (nSPS) is 10.1. The van der Waals surface area contributed by atoms with E-state index in [4.69, 9.17) is 9.47 Å². The second-order valence-corrected chi connectivity index (χ2v) is 4.62. The Kier molecular flexibility index (Phi) is 5.35. The molecular formula is C16H16F2N2O3. The molecule has 0 unspecified atom stereocenters. The number of anilines is 1. The summed E-state index contributed by atoms with van der Waals surface area (Å²) in [7, 11) is 3.04. The number of carbonyl (C=O) groups is 1. The third-order valence-corrected chi connectivity index (χ3v) is 3.08. The Balaban J connectivity index is 1.96. The highest BCUT2D eigenvalue weighted by atomic mass is 19.1. The molecule has 0 saturated carbocycles. The van der Waals surface area contributed by atoms with Crippen LogP contribution in [-0.4, -0.2) is 20.3 Å². The summed E-state index contributed by atoms with van der Waals surface area (Å²) in [4.78, 5) is 11.8. The van der Waals surface area contributed by atoms with Crippen LogP contribution in [0.4, 0.5) is 19.3 Å². The van der Waals surface area contributed by atoms with E-state index in [2.05, 4.69) is 10.6 Å². The molecule has 0 spiro atoms. The van der Waals surface area contributed by atoms with Gasteiger partial charge in [0.2, 0.25) is 0 Å². The van der Waals surface area contributed by atoms with Crippen LogP contribution in [0, 0.1) is 11.6 Å². The van der Waals surface area contributed by atoms with Crippen LogP contribution >= 0.6 is 0 Å². The van der Waals surface area contributed by atoms with Crippen LogP contribution in [0.3, 0.4) is 0 Å². The third kappa shape index (κ3) is 4.32. The number of carbonyl (C=O) groups excluding carboxylic acids is 1.